The molecule has 0 spiro atoms. The molecule has 1 aliphatic heterocycles. The van der Waals surface area contributed by atoms with E-state index in [1.165, 1.54) is 25.3 Å². The van der Waals surface area contributed by atoms with Crippen molar-refractivity contribution >= 4 is 45.0 Å². The van der Waals surface area contributed by atoms with E-state index in [0.717, 1.165) is 4.90 Å². The molecule has 0 bridgehead atoms. The molecule has 3 aromatic carbocycles. The Labute approximate surface area is 200 Å². The Bertz CT molecular complexity index is 1340. The number of fused-ring (bicyclic) bond motifs is 1. The van der Waals surface area contributed by atoms with Crippen LogP contribution in [0.15, 0.2) is 65.6 Å². The Morgan fingerprint density at radius 2 is 1.61 bits per heavy atom. The van der Waals surface area contributed by atoms with E-state index < -0.39 is 21.8 Å². The molecular weight excluding hydrogens is 487 g/mol. The van der Waals surface area contributed by atoms with Gasteiger partial charge in [0, 0.05) is 16.6 Å². The highest BCUT2D eigenvalue weighted by Gasteiger charge is 2.35. The van der Waals surface area contributed by atoms with Crippen LogP contribution >= 0.6 is 23.2 Å². The summed E-state index contributed by atoms with van der Waals surface area (Å²) in [5, 5.41) is 0.769. The van der Waals surface area contributed by atoms with Gasteiger partial charge < -0.3 is 4.74 Å². The van der Waals surface area contributed by atoms with Crippen molar-refractivity contribution in [3.63, 3.8) is 0 Å². The summed E-state index contributed by atoms with van der Waals surface area (Å²) in [6, 6.07) is 15.8. The van der Waals surface area contributed by atoms with Crippen LogP contribution in [0, 0.1) is 0 Å². The molecule has 1 aliphatic rings. The lowest BCUT2D eigenvalue weighted by Crippen LogP contribution is -2.29. The minimum Gasteiger partial charge on any atom is -0.495 e. The number of carbonyl (C=O) groups is 2. The number of hydrogen-bond acceptors (Lipinski definition) is 5. The van der Waals surface area contributed by atoms with E-state index in [9.17, 15) is 18.0 Å². The summed E-state index contributed by atoms with van der Waals surface area (Å²) < 4.78 is 33.8. The number of methoxy groups -OCH3 is 1. The molecule has 0 saturated carbocycles. The molecule has 7 nitrogen and oxygen atoms in total. The van der Waals surface area contributed by atoms with Crippen molar-refractivity contribution in [3.05, 3.63) is 93.0 Å². The maximum Gasteiger partial charge on any atom is 0.261 e. The standard InChI is InChI=1S/C23H18Cl2N2O5S/c1-32-20-9-6-14(13-27-22(28)17-4-2-3-5-18(17)23(27)29)10-21(20)33(30,31)26-12-15-7-8-16(24)11-19(15)25/h2-11,26H,12-13H2,1H3. The van der Waals surface area contributed by atoms with E-state index in [1.807, 2.05) is 0 Å². The zero-order valence-corrected chi connectivity index (χ0v) is 19.7. The number of ether oxygens (including phenoxy) is 1. The molecule has 0 unspecified atom stereocenters. The van der Waals surface area contributed by atoms with Gasteiger partial charge in [0.05, 0.1) is 24.8 Å². The highest BCUT2D eigenvalue weighted by atomic mass is 35.5. The summed E-state index contributed by atoms with van der Waals surface area (Å²) in [7, 11) is -2.66. The van der Waals surface area contributed by atoms with Gasteiger partial charge in [0.1, 0.15) is 10.6 Å². The molecule has 4 rings (SSSR count). The largest absolute Gasteiger partial charge is 0.495 e. The van der Waals surface area contributed by atoms with Gasteiger partial charge in [-0.05, 0) is 47.5 Å². The van der Waals surface area contributed by atoms with Gasteiger partial charge in [-0.1, -0.05) is 47.5 Å². The number of sulfonamides is 1. The summed E-state index contributed by atoms with van der Waals surface area (Å²) >= 11 is 12.0. The molecule has 33 heavy (non-hydrogen) atoms. The number of nitrogens with zero attached hydrogens (tertiary/aromatic N) is 1. The molecule has 0 atom stereocenters. The molecule has 0 aliphatic carbocycles. The summed E-state index contributed by atoms with van der Waals surface area (Å²) in [5.74, 6) is -0.728. The normalized spacial score (nSPS) is 13.4. The SMILES string of the molecule is COc1ccc(CN2C(=O)c3ccccc3C2=O)cc1S(=O)(=O)NCc1ccc(Cl)cc1Cl. The fourth-order valence-electron chi connectivity index (χ4n) is 3.51. The van der Waals surface area contributed by atoms with Crippen molar-refractivity contribution in [3.8, 4) is 5.75 Å². The fourth-order valence-corrected chi connectivity index (χ4v) is 5.21. The highest BCUT2D eigenvalue weighted by molar-refractivity contribution is 7.89. The second-order valence-corrected chi connectivity index (χ2v) is 9.87. The molecule has 170 valence electrons. The van der Waals surface area contributed by atoms with Crippen molar-refractivity contribution < 1.29 is 22.7 Å². The Kier molecular flexibility index (Phi) is 6.45. The Balaban J connectivity index is 1.59. The first-order chi connectivity index (χ1) is 15.7. The molecule has 10 heteroatoms. The Morgan fingerprint density at radius 1 is 0.939 bits per heavy atom. The van der Waals surface area contributed by atoms with E-state index in [-0.39, 0.29) is 23.7 Å². The zero-order valence-electron chi connectivity index (χ0n) is 17.3. The van der Waals surface area contributed by atoms with E-state index in [1.54, 1.807) is 42.5 Å². The van der Waals surface area contributed by atoms with Crippen LogP contribution in [0.1, 0.15) is 31.8 Å². The van der Waals surface area contributed by atoms with Gasteiger partial charge in [-0.2, -0.15) is 0 Å². The number of halogens is 2. The molecule has 0 radical (unpaired) electrons. The van der Waals surface area contributed by atoms with Gasteiger partial charge in [0.2, 0.25) is 10.0 Å². The lowest BCUT2D eigenvalue weighted by molar-refractivity contribution is 0.0642. The predicted molar refractivity (Wildman–Crippen MR) is 124 cm³/mol. The van der Waals surface area contributed by atoms with Crippen molar-refractivity contribution in [1.82, 2.24) is 9.62 Å². The number of benzene rings is 3. The number of rotatable bonds is 7. The van der Waals surface area contributed by atoms with Crippen molar-refractivity contribution in [1.29, 1.82) is 0 Å². The summed E-state index contributed by atoms with van der Waals surface area (Å²) in [5.41, 5.74) is 1.65. The second-order valence-electron chi connectivity index (χ2n) is 7.29. The first-order valence-corrected chi connectivity index (χ1v) is 12.0. The van der Waals surface area contributed by atoms with E-state index in [0.29, 0.717) is 32.3 Å². The number of imide groups is 1. The first kappa shape index (κ1) is 23.3. The fraction of sp³-hybridized carbons (Fsp3) is 0.130. The Hall–Kier alpha value is -2.91. The summed E-state index contributed by atoms with van der Waals surface area (Å²) in [6.45, 7) is -0.147. The molecule has 2 amide bonds. The molecule has 1 heterocycles. The summed E-state index contributed by atoms with van der Waals surface area (Å²) in [4.78, 5) is 26.3. The minimum absolute atomic E-state index is 0.0654. The average molecular weight is 505 g/mol. The van der Waals surface area contributed by atoms with Gasteiger partial charge in [-0.3, -0.25) is 14.5 Å². The number of carbonyl (C=O) groups excluding carboxylic acids is 2. The van der Waals surface area contributed by atoms with Crippen LogP contribution in [-0.2, 0) is 23.1 Å². The van der Waals surface area contributed by atoms with Crippen molar-refractivity contribution in [2.45, 2.75) is 18.0 Å². The second kappa shape index (κ2) is 9.15. The van der Waals surface area contributed by atoms with Gasteiger partial charge in [0.15, 0.2) is 0 Å². The van der Waals surface area contributed by atoms with E-state index in [4.69, 9.17) is 27.9 Å². The Morgan fingerprint density at radius 3 is 2.21 bits per heavy atom. The predicted octanol–water partition coefficient (Wildman–Crippen LogP) is 4.28. The number of amides is 2. The monoisotopic (exact) mass is 504 g/mol. The van der Waals surface area contributed by atoms with E-state index in [2.05, 4.69) is 4.72 Å². The zero-order chi connectivity index (χ0) is 23.8. The van der Waals surface area contributed by atoms with Crippen molar-refractivity contribution in [2.24, 2.45) is 0 Å². The molecule has 3 aromatic rings. The van der Waals surface area contributed by atoms with Crippen LogP contribution in [0.4, 0.5) is 0 Å². The lowest BCUT2D eigenvalue weighted by Gasteiger charge is -2.16. The van der Waals surface area contributed by atoms with Crippen LogP contribution in [0.2, 0.25) is 10.0 Å². The van der Waals surface area contributed by atoms with Gasteiger partial charge in [0.25, 0.3) is 11.8 Å². The van der Waals surface area contributed by atoms with Gasteiger partial charge >= 0.3 is 0 Å². The molecule has 1 N–H and O–H groups in total. The van der Waals surface area contributed by atoms with Gasteiger partial charge in [-0.15, -0.1) is 0 Å². The quantitative estimate of drug-likeness (QED) is 0.484. The summed E-state index contributed by atoms with van der Waals surface area (Å²) in [6.07, 6.45) is 0. The number of hydrogen-bond donors (Lipinski definition) is 1. The topological polar surface area (TPSA) is 92.8 Å². The molecular formula is C23H18Cl2N2O5S. The maximum atomic E-state index is 13.1. The highest BCUT2D eigenvalue weighted by Crippen LogP contribution is 2.29. The third-order valence-electron chi connectivity index (χ3n) is 5.20. The molecule has 0 saturated heterocycles. The molecule has 0 fully saturated rings. The lowest BCUT2D eigenvalue weighted by atomic mass is 10.1. The molecule has 0 aromatic heterocycles. The van der Waals surface area contributed by atoms with Crippen molar-refractivity contribution in [2.75, 3.05) is 7.11 Å². The minimum atomic E-state index is -4.02. The van der Waals surface area contributed by atoms with E-state index >= 15 is 0 Å². The van der Waals surface area contributed by atoms with Crippen LogP contribution in [0.25, 0.3) is 0 Å². The third kappa shape index (κ3) is 4.60. The first-order valence-electron chi connectivity index (χ1n) is 9.77. The van der Waals surface area contributed by atoms with Crippen LogP contribution in [0.5, 0.6) is 5.75 Å². The smallest absolute Gasteiger partial charge is 0.261 e. The maximum absolute atomic E-state index is 13.1. The van der Waals surface area contributed by atoms with Crippen LogP contribution < -0.4 is 9.46 Å². The third-order valence-corrected chi connectivity index (χ3v) is 7.21. The number of nitrogens with one attached hydrogen (secondary N) is 1. The van der Waals surface area contributed by atoms with Gasteiger partial charge in [-0.25, -0.2) is 13.1 Å². The average Bonchev–Trinajstić information content (AvgIpc) is 3.03. The van der Waals surface area contributed by atoms with Crippen LogP contribution in [0.3, 0.4) is 0 Å². The van der Waals surface area contributed by atoms with Crippen LogP contribution in [-0.4, -0.2) is 32.2 Å².